The van der Waals surface area contributed by atoms with Crippen molar-refractivity contribution in [3.63, 3.8) is 0 Å². The SMILES string of the molecule is C=C(C)CN=C(NCCCCOC)NCCc1ccco1. The van der Waals surface area contributed by atoms with Crippen LogP contribution in [0.4, 0.5) is 0 Å². The van der Waals surface area contributed by atoms with Crippen molar-refractivity contribution in [1.82, 2.24) is 10.6 Å². The summed E-state index contributed by atoms with van der Waals surface area (Å²) in [5, 5.41) is 6.64. The van der Waals surface area contributed by atoms with Crippen molar-refractivity contribution in [2.45, 2.75) is 26.2 Å². The maximum Gasteiger partial charge on any atom is 0.191 e. The normalized spacial score (nSPS) is 11.4. The summed E-state index contributed by atoms with van der Waals surface area (Å²) >= 11 is 0. The largest absolute Gasteiger partial charge is 0.469 e. The van der Waals surface area contributed by atoms with E-state index in [1.165, 1.54) is 0 Å². The molecule has 118 valence electrons. The van der Waals surface area contributed by atoms with Crippen molar-refractivity contribution < 1.29 is 9.15 Å². The molecule has 21 heavy (non-hydrogen) atoms. The van der Waals surface area contributed by atoms with Crippen LogP contribution in [0.2, 0.25) is 0 Å². The zero-order valence-electron chi connectivity index (χ0n) is 13.2. The van der Waals surface area contributed by atoms with Gasteiger partial charge in [0.05, 0.1) is 12.8 Å². The van der Waals surface area contributed by atoms with Crippen molar-refractivity contribution >= 4 is 5.96 Å². The molecule has 0 spiro atoms. The van der Waals surface area contributed by atoms with Crippen molar-refractivity contribution in [3.8, 4) is 0 Å². The van der Waals surface area contributed by atoms with Gasteiger partial charge in [-0.1, -0.05) is 12.2 Å². The molecule has 0 aliphatic heterocycles. The van der Waals surface area contributed by atoms with Gasteiger partial charge >= 0.3 is 0 Å². The summed E-state index contributed by atoms with van der Waals surface area (Å²) in [6.45, 7) is 8.95. The first-order chi connectivity index (χ1) is 10.2. The van der Waals surface area contributed by atoms with Crippen LogP contribution < -0.4 is 10.6 Å². The van der Waals surface area contributed by atoms with E-state index in [1.807, 2.05) is 19.1 Å². The van der Waals surface area contributed by atoms with Crippen LogP contribution >= 0.6 is 0 Å². The Morgan fingerprint density at radius 3 is 2.81 bits per heavy atom. The molecule has 1 aromatic heterocycles. The first kappa shape index (κ1) is 17.3. The molecule has 1 heterocycles. The number of hydrogen-bond donors (Lipinski definition) is 2. The highest BCUT2D eigenvalue weighted by Crippen LogP contribution is 1.99. The number of hydrogen-bond acceptors (Lipinski definition) is 3. The molecule has 0 aromatic carbocycles. The Bertz CT molecular complexity index is 413. The zero-order chi connectivity index (χ0) is 15.3. The Morgan fingerprint density at radius 2 is 2.14 bits per heavy atom. The Morgan fingerprint density at radius 1 is 1.33 bits per heavy atom. The molecule has 5 heteroatoms. The van der Waals surface area contributed by atoms with E-state index >= 15 is 0 Å². The molecule has 0 atom stereocenters. The van der Waals surface area contributed by atoms with Crippen LogP contribution in [-0.4, -0.2) is 39.3 Å². The Hall–Kier alpha value is -1.75. The van der Waals surface area contributed by atoms with E-state index in [0.29, 0.717) is 6.54 Å². The molecular formula is C16H27N3O2. The van der Waals surface area contributed by atoms with Gasteiger partial charge in [0.1, 0.15) is 5.76 Å². The fourth-order valence-electron chi connectivity index (χ4n) is 1.73. The van der Waals surface area contributed by atoms with Gasteiger partial charge in [0.2, 0.25) is 0 Å². The van der Waals surface area contributed by atoms with Crippen LogP contribution in [0.5, 0.6) is 0 Å². The third kappa shape index (κ3) is 8.92. The number of unbranched alkanes of at least 4 members (excludes halogenated alkanes) is 1. The summed E-state index contributed by atoms with van der Waals surface area (Å²) in [6, 6.07) is 3.88. The van der Waals surface area contributed by atoms with Crippen LogP contribution in [0.1, 0.15) is 25.5 Å². The van der Waals surface area contributed by atoms with Crippen LogP contribution in [0.3, 0.4) is 0 Å². The van der Waals surface area contributed by atoms with E-state index < -0.39 is 0 Å². The number of nitrogens with one attached hydrogen (secondary N) is 2. The highest BCUT2D eigenvalue weighted by molar-refractivity contribution is 5.79. The van der Waals surface area contributed by atoms with E-state index in [1.54, 1.807) is 13.4 Å². The van der Waals surface area contributed by atoms with E-state index in [0.717, 1.165) is 56.3 Å². The Balaban J connectivity index is 2.29. The molecule has 0 saturated heterocycles. The second-order valence-corrected chi connectivity index (χ2v) is 5.00. The standard InChI is InChI=1S/C16H27N3O2/c1-14(2)13-19-16(17-9-4-5-11-20-3)18-10-8-15-7-6-12-21-15/h6-7,12H,1,4-5,8-11,13H2,2-3H3,(H2,17,18,19). The van der Waals surface area contributed by atoms with Crippen molar-refractivity contribution in [1.29, 1.82) is 0 Å². The molecule has 0 saturated carbocycles. The molecule has 0 bridgehead atoms. The summed E-state index contributed by atoms with van der Waals surface area (Å²) in [4.78, 5) is 4.49. The average molecular weight is 293 g/mol. The summed E-state index contributed by atoms with van der Waals surface area (Å²) in [5.41, 5.74) is 1.04. The van der Waals surface area contributed by atoms with Crippen molar-refractivity contribution in [2.24, 2.45) is 4.99 Å². The van der Waals surface area contributed by atoms with E-state index in [2.05, 4.69) is 22.2 Å². The van der Waals surface area contributed by atoms with Crippen molar-refractivity contribution in [3.05, 3.63) is 36.3 Å². The minimum absolute atomic E-state index is 0.633. The molecular weight excluding hydrogens is 266 g/mol. The van der Waals surface area contributed by atoms with Gasteiger partial charge in [-0.25, -0.2) is 4.99 Å². The zero-order valence-corrected chi connectivity index (χ0v) is 13.2. The van der Waals surface area contributed by atoms with Gasteiger partial charge in [0.25, 0.3) is 0 Å². The van der Waals surface area contributed by atoms with Crippen LogP contribution in [0, 0.1) is 0 Å². The van der Waals surface area contributed by atoms with Crippen molar-refractivity contribution in [2.75, 3.05) is 33.4 Å². The molecule has 0 amide bonds. The molecule has 2 N–H and O–H groups in total. The summed E-state index contributed by atoms with van der Waals surface area (Å²) < 4.78 is 10.3. The second-order valence-electron chi connectivity index (χ2n) is 5.00. The number of ether oxygens (including phenoxy) is 1. The Kier molecular flexibility index (Phi) is 9.04. The molecule has 0 radical (unpaired) electrons. The number of methoxy groups -OCH3 is 1. The highest BCUT2D eigenvalue weighted by atomic mass is 16.5. The quantitative estimate of drug-likeness (QED) is 0.301. The van der Waals surface area contributed by atoms with Gasteiger partial charge < -0.3 is 19.8 Å². The van der Waals surface area contributed by atoms with Gasteiger partial charge in [-0.05, 0) is 31.9 Å². The smallest absolute Gasteiger partial charge is 0.191 e. The average Bonchev–Trinajstić information content (AvgIpc) is 2.97. The molecule has 0 unspecified atom stereocenters. The van der Waals surface area contributed by atoms with Crippen LogP contribution in [0.15, 0.2) is 40.0 Å². The van der Waals surface area contributed by atoms with E-state index in [4.69, 9.17) is 9.15 Å². The first-order valence-electron chi connectivity index (χ1n) is 7.40. The monoisotopic (exact) mass is 293 g/mol. The second kappa shape index (κ2) is 11.0. The molecule has 0 aliphatic rings. The molecule has 0 fully saturated rings. The lowest BCUT2D eigenvalue weighted by atomic mass is 10.3. The summed E-state index contributed by atoms with van der Waals surface area (Å²) in [7, 11) is 1.73. The van der Waals surface area contributed by atoms with Crippen LogP contribution in [0.25, 0.3) is 0 Å². The van der Waals surface area contributed by atoms with Gasteiger partial charge in [-0.15, -0.1) is 0 Å². The number of rotatable bonds is 10. The summed E-state index contributed by atoms with van der Waals surface area (Å²) in [6.07, 6.45) is 4.63. The molecule has 5 nitrogen and oxygen atoms in total. The fraction of sp³-hybridized carbons (Fsp3) is 0.562. The van der Waals surface area contributed by atoms with E-state index in [-0.39, 0.29) is 0 Å². The first-order valence-corrected chi connectivity index (χ1v) is 7.40. The molecule has 0 aliphatic carbocycles. The fourth-order valence-corrected chi connectivity index (χ4v) is 1.73. The Labute approximate surface area is 127 Å². The van der Waals surface area contributed by atoms with Gasteiger partial charge in [0, 0.05) is 33.2 Å². The number of guanidine groups is 1. The predicted molar refractivity (Wildman–Crippen MR) is 86.6 cm³/mol. The minimum Gasteiger partial charge on any atom is -0.469 e. The van der Waals surface area contributed by atoms with Crippen LogP contribution in [-0.2, 0) is 11.2 Å². The van der Waals surface area contributed by atoms with E-state index in [9.17, 15) is 0 Å². The molecule has 1 aromatic rings. The maximum absolute atomic E-state index is 5.31. The topological polar surface area (TPSA) is 58.8 Å². The molecule has 1 rings (SSSR count). The van der Waals surface area contributed by atoms with Gasteiger partial charge in [-0.2, -0.15) is 0 Å². The number of furan rings is 1. The highest BCUT2D eigenvalue weighted by Gasteiger charge is 2.00. The third-order valence-corrected chi connectivity index (χ3v) is 2.82. The lowest BCUT2D eigenvalue weighted by Gasteiger charge is -2.12. The number of nitrogens with zero attached hydrogens (tertiary/aromatic N) is 1. The predicted octanol–water partition coefficient (Wildman–Crippen LogP) is 2.36. The minimum atomic E-state index is 0.633. The lowest BCUT2D eigenvalue weighted by Crippen LogP contribution is -2.39. The van der Waals surface area contributed by atoms with Gasteiger partial charge in [-0.3, -0.25) is 0 Å². The lowest BCUT2D eigenvalue weighted by molar-refractivity contribution is 0.193. The summed E-state index contributed by atoms with van der Waals surface area (Å²) in [5.74, 6) is 1.80. The number of aliphatic imine (C=N–C) groups is 1. The van der Waals surface area contributed by atoms with Gasteiger partial charge in [0.15, 0.2) is 5.96 Å². The maximum atomic E-state index is 5.31. The third-order valence-electron chi connectivity index (χ3n) is 2.82.